The van der Waals surface area contributed by atoms with Crippen LogP contribution in [-0.2, 0) is 4.79 Å². The third kappa shape index (κ3) is 2.42. The summed E-state index contributed by atoms with van der Waals surface area (Å²) in [6.07, 6.45) is 1.43. The molecule has 76 valence electrons. The number of carbonyl (C=O) groups is 1. The van der Waals surface area contributed by atoms with Gasteiger partial charge in [0.2, 0.25) is 5.91 Å². The van der Waals surface area contributed by atoms with Gasteiger partial charge in [0.25, 0.3) is 0 Å². The SMILES string of the molecule is CCN1CCC(CN)(CC(N)=O)C1. The van der Waals surface area contributed by atoms with Gasteiger partial charge in [-0.3, -0.25) is 4.79 Å². The van der Waals surface area contributed by atoms with Crippen LogP contribution in [0, 0.1) is 5.41 Å². The second kappa shape index (κ2) is 4.07. The number of likely N-dealkylation sites (tertiary alicyclic amines) is 1. The highest BCUT2D eigenvalue weighted by Crippen LogP contribution is 2.32. The molecule has 1 unspecified atom stereocenters. The summed E-state index contributed by atoms with van der Waals surface area (Å²) in [7, 11) is 0. The summed E-state index contributed by atoms with van der Waals surface area (Å²) in [4.78, 5) is 13.2. The molecule has 0 bridgehead atoms. The van der Waals surface area contributed by atoms with Crippen molar-refractivity contribution in [2.45, 2.75) is 19.8 Å². The van der Waals surface area contributed by atoms with Gasteiger partial charge in [0, 0.05) is 18.4 Å². The molecule has 1 aliphatic heterocycles. The van der Waals surface area contributed by atoms with Crippen molar-refractivity contribution >= 4 is 5.91 Å². The lowest BCUT2D eigenvalue weighted by atomic mass is 9.83. The van der Waals surface area contributed by atoms with E-state index in [0.29, 0.717) is 13.0 Å². The highest BCUT2D eigenvalue weighted by Gasteiger charge is 2.37. The summed E-state index contributed by atoms with van der Waals surface area (Å²) in [6, 6.07) is 0. The number of nitrogens with two attached hydrogens (primary N) is 2. The predicted molar refractivity (Wildman–Crippen MR) is 52.0 cm³/mol. The van der Waals surface area contributed by atoms with Crippen molar-refractivity contribution in [2.24, 2.45) is 16.9 Å². The van der Waals surface area contributed by atoms with Crippen LogP contribution in [0.15, 0.2) is 0 Å². The lowest BCUT2D eigenvalue weighted by molar-refractivity contribution is -0.120. The van der Waals surface area contributed by atoms with Gasteiger partial charge in [0.05, 0.1) is 0 Å². The molecule has 0 aromatic rings. The van der Waals surface area contributed by atoms with Crippen LogP contribution in [0.5, 0.6) is 0 Å². The molecule has 1 amide bonds. The van der Waals surface area contributed by atoms with Gasteiger partial charge in [0.1, 0.15) is 0 Å². The molecule has 4 N–H and O–H groups in total. The average molecular weight is 185 g/mol. The zero-order valence-electron chi connectivity index (χ0n) is 8.25. The van der Waals surface area contributed by atoms with Gasteiger partial charge >= 0.3 is 0 Å². The fourth-order valence-electron chi connectivity index (χ4n) is 2.05. The lowest BCUT2D eigenvalue weighted by Crippen LogP contribution is -2.37. The highest BCUT2D eigenvalue weighted by atomic mass is 16.1. The Hall–Kier alpha value is -0.610. The fraction of sp³-hybridized carbons (Fsp3) is 0.889. The zero-order valence-corrected chi connectivity index (χ0v) is 8.25. The van der Waals surface area contributed by atoms with Crippen LogP contribution in [0.1, 0.15) is 19.8 Å². The molecule has 0 spiro atoms. The number of hydrogen-bond acceptors (Lipinski definition) is 3. The Balaban J connectivity index is 2.57. The minimum absolute atomic E-state index is 0.0398. The monoisotopic (exact) mass is 185 g/mol. The first-order valence-corrected chi connectivity index (χ1v) is 4.82. The van der Waals surface area contributed by atoms with E-state index >= 15 is 0 Å². The quantitative estimate of drug-likeness (QED) is 0.622. The largest absolute Gasteiger partial charge is 0.370 e. The molecule has 1 heterocycles. The molecular formula is C9H19N3O. The molecule has 0 radical (unpaired) electrons. The first kappa shape index (κ1) is 10.5. The van der Waals surface area contributed by atoms with Crippen LogP contribution in [0.25, 0.3) is 0 Å². The zero-order chi connectivity index (χ0) is 9.90. The third-order valence-electron chi connectivity index (χ3n) is 2.95. The van der Waals surface area contributed by atoms with Crippen molar-refractivity contribution in [3.63, 3.8) is 0 Å². The average Bonchev–Trinajstić information content (AvgIpc) is 2.48. The number of nitrogens with zero attached hydrogens (tertiary/aromatic N) is 1. The standard InChI is InChI=1S/C9H19N3O/c1-2-12-4-3-9(6-10,7-12)5-8(11)13/h2-7,10H2,1H3,(H2,11,13). The summed E-state index contributed by atoms with van der Waals surface area (Å²) < 4.78 is 0. The maximum absolute atomic E-state index is 10.9. The Kier molecular flexibility index (Phi) is 3.27. The molecule has 4 heteroatoms. The van der Waals surface area contributed by atoms with Crippen LogP contribution in [0.2, 0.25) is 0 Å². The Morgan fingerprint density at radius 1 is 1.62 bits per heavy atom. The van der Waals surface area contributed by atoms with Gasteiger partial charge in [-0.25, -0.2) is 0 Å². The smallest absolute Gasteiger partial charge is 0.218 e. The summed E-state index contributed by atoms with van der Waals surface area (Å²) in [5, 5.41) is 0. The van der Waals surface area contributed by atoms with Gasteiger partial charge < -0.3 is 16.4 Å². The van der Waals surface area contributed by atoms with E-state index in [-0.39, 0.29) is 11.3 Å². The molecule has 1 saturated heterocycles. The molecule has 1 atom stereocenters. The fourth-order valence-corrected chi connectivity index (χ4v) is 2.05. The van der Waals surface area contributed by atoms with Crippen molar-refractivity contribution in [3.05, 3.63) is 0 Å². The third-order valence-corrected chi connectivity index (χ3v) is 2.95. The number of carbonyl (C=O) groups excluding carboxylic acids is 1. The normalized spacial score (nSPS) is 29.4. The van der Waals surface area contributed by atoms with E-state index in [0.717, 1.165) is 26.1 Å². The summed E-state index contributed by atoms with van der Waals surface area (Å²) in [5.74, 6) is -0.233. The Bertz CT molecular complexity index is 195. The summed E-state index contributed by atoms with van der Waals surface area (Å²) in [6.45, 7) is 5.67. The molecule has 1 aliphatic rings. The van der Waals surface area contributed by atoms with Crippen molar-refractivity contribution in [1.82, 2.24) is 4.90 Å². The molecular weight excluding hydrogens is 166 g/mol. The number of amides is 1. The van der Waals surface area contributed by atoms with Gasteiger partial charge in [0.15, 0.2) is 0 Å². The van der Waals surface area contributed by atoms with E-state index in [1.807, 2.05) is 0 Å². The van der Waals surface area contributed by atoms with E-state index in [1.54, 1.807) is 0 Å². The van der Waals surface area contributed by atoms with Gasteiger partial charge in [-0.05, 0) is 26.1 Å². The Labute approximate surface area is 79.3 Å². The van der Waals surface area contributed by atoms with Crippen LogP contribution in [0.4, 0.5) is 0 Å². The first-order chi connectivity index (χ1) is 6.12. The highest BCUT2D eigenvalue weighted by molar-refractivity contribution is 5.74. The van der Waals surface area contributed by atoms with E-state index in [1.165, 1.54) is 0 Å². The molecule has 13 heavy (non-hydrogen) atoms. The first-order valence-electron chi connectivity index (χ1n) is 4.82. The topological polar surface area (TPSA) is 72.3 Å². The summed E-state index contributed by atoms with van der Waals surface area (Å²) >= 11 is 0. The van der Waals surface area contributed by atoms with Crippen LogP contribution < -0.4 is 11.5 Å². The van der Waals surface area contributed by atoms with Crippen LogP contribution in [-0.4, -0.2) is 37.0 Å². The molecule has 0 aromatic heterocycles. The van der Waals surface area contributed by atoms with Gasteiger partial charge in [-0.1, -0.05) is 6.92 Å². The maximum atomic E-state index is 10.9. The Morgan fingerprint density at radius 3 is 2.69 bits per heavy atom. The minimum atomic E-state index is -0.233. The van der Waals surface area contributed by atoms with Crippen molar-refractivity contribution in [2.75, 3.05) is 26.2 Å². The lowest BCUT2D eigenvalue weighted by Gasteiger charge is -2.25. The molecule has 1 rings (SSSR count). The molecule has 4 nitrogen and oxygen atoms in total. The number of rotatable bonds is 4. The van der Waals surface area contributed by atoms with Crippen LogP contribution in [0.3, 0.4) is 0 Å². The maximum Gasteiger partial charge on any atom is 0.218 e. The van der Waals surface area contributed by atoms with Gasteiger partial charge in [-0.15, -0.1) is 0 Å². The molecule has 1 fully saturated rings. The van der Waals surface area contributed by atoms with E-state index in [2.05, 4.69) is 11.8 Å². The Morgan fingerprint density at radius 2 is 2.31 bits per heavy atom. The van der Waals surface area contributed by atoms with Crippen molar-refractivity contribution < 1.29 is 4.79 Å². The molecule has 0 aromatic carbocycles. The molecule has 0 aliphatic carbocycles. The van der Waals surface area contributed by atoms with Crippen molar-refractivity contribution in [3.8, 4) is 0 Å². The predicted octanol–water partition coefficient (Wildman–Crippen LogP) is -0.467. The second-order valence-corrected chi connectivity index (χ2v) is 3.97. The van der Waals surface area contributed by atoms with Crippen LogP contribution >= 0.6 is 0 Å². The number of primary amides is 1. The molecule has 0 saturated carbocycles. The van der Waals surface area contributed by atoms with Crippen molar-refractivity contribution in [1.29, 1.82) is 0 Å². The van der Waals surface area contributed by atoms with E-state index < -0.39 is 0 Å². The van der Waals surface area contributed by atoms with E-state index in [4.69, 9.17) is 11.5 Å². The number of hydrogen-bond donors (Lipinski definition) is 2. The van der Waals surface area contributed by atoms with Gasteiger partial charge in [-0.2, -0.15) is 0 Å². The minimum Gasteiger partial charge on any atom is -0.370 e. The van der Waals surface area contributed by atoms with E-state index in [9.17, 15) is 4.79 Å². The second-order valence-electron chi connectivity index (χ2n) is 3.97. The summed E-state index contributed by atoms with van der Waals surface area (Å²) in [5.41, 5.74) is 10.9.